The monoisotopic (exact) mass is 445 g/mol. The number of likely N-dealkylation sites (N-methyl/N-ethyl adjacent to an activating group) is 1. The Morgan fingerprint density at radius 3 is 2.67 bits per heavy atom. The van der Waals surface area contributed by atoms with Crippen LogP contribution in [0.25, 0.3) is 0 Å². The molecule has 7 nitrogen and oxygen atoms in total. The summed E-state index contributed by atoms with van der Waals surface area (Å²) in [5.41, 5.74) is 2.98. The lowest BCUT2D eigenvalue weighted by Gasteiger charge is -2.27. The van der Waals surface area contributed by atoms with Gasteiger partial charge in [-0.15, -0.1) is 0 Å². The van der Waals surface area contributed by atoms with Gasteiger partial charge in [-0.3, -0.25) is 9.69 Å². The maximum absolute atomic E-state index is 13.2. The van der Waals surface area contributed by atoms with E-state index >= 15 is 0 Å². The Labute approximate surface area is 195 Å². The number of benzene rings is 1. The zero-order valence-corrected chi connectivity index (χ0v) is 19.5. The fraction of sp³-hybridized carbons (Fsp3) is 0.346. The third kappa shape index (κ3) is 5.87. The van der Waals surface area contributed by atoms with Crippen LogP contribution in [0.3, 0.4) is 0 Å². The Bertz CT molecular complexity index is 1100. The number of carbonyl (C=O) groups is 1. The summed E-state index contributed by atoms with van der Waals surface area (Å²) in [7, 11) is 3.63. The van der Waals surface area contributed by atoms with Crippen molar-refractivity contribution in [1.82, 2.24) is 19.8 Å². The van der Waals surface area contributed by atoms with Crippen molar-refractivity contribution in [2.45, 2.75) is 32.4 Å². The topological polar surface area (TPSA) is 70.6 Å². The van der Waals surface area contributed by atoms with Crippen LogP contribution in [-0.4, -0.2) is 52.9 Å². The van der Waals surface area contributed by atoms with Gasteiger partial charge < -0.3 is 15.0 Å². The molecule has 3 aromatic rings. The fourth-order valence-corrected chi connectivity index (χ4v) is 4.28. The molecule has 0 aliphatic carbocycles. The van der Waals surface area contributed by atoms with Crippen molar-refractivity contribution in [2.24, 2.45) is 0 Å². The number of methoxy groups -OCH3 is 1. The molecular formula is C26H31N5O2. The number of ether oxygens (including phenoxy) is 1. The standard InChI is InChI=1S/C26H31N5O2/c1-19-8-4-13-24(27-19)29-25-14-6-11-22(28-25)23-12-7-15-31(23)26(32)18-30(2)17-20-9-5-10-21(16-20)33-3/h4-6,8-11,13-14,16,23H,7,12,15,17-18H2,1-3H3,(H,27,28,29)/t23-/m1/s1. The number of aryl methyl sites for hydroxylation is 1. The summed E-state index contributed by atoms with van der Waals surface area (Å²) < 4.78 is 5.31. The zero-order valence-electron chi connectivity index (χ0n) is 19.5. The third-order valence-electron chi connectivity index (χ3n) is 5.82. The first-order valence-electron chi connectivity index (χ1n) is 11.3. The van der Waals surface area contributed by atoms with E-state index in [1.165, 1.54) is 0 Å². The van der Waals surface area contributed by atoms with Crippen LogP contribution < -0.4 is 10.1 Å². The molecule has 33 heavy (non-hydrogen) atoms. The lowest BCUT2D eigenvalue weighted by atomic mass is 10.1. The second kappa shape index (κ2) is 10.4. The maximum atomic E-state index is 13.2. The van der Waals surface area contributed by atoms with Gasteiger partial charge in [-0.2, -0.15) is 0 Å². The highest BCUT2D eigenvalue weighted by atomic mass is 16.5. The van der Waals surface area contributed by atoms with E-state index in [1.807, 2.05) is 84.4 Å². The molecule has 0 unspecified atom stereocenters. The minimum atomic E-state index is -0.00469. The summed E-state index contributed by atoms with van der Waals surface area (Å²) >= 11 is 0. The highest BCUT2D eigenvalue weighted by molar-refractivity contribution is 5.79. The van der Waals surface area contributed by atoms with E-state index < -0.39 is 0 Å². The van der Waals surface area contributed by atoms with Crippen molar-refractivity contribution < 1.29 is 9.53 Å². The van der Waals surface area contributed by atoms with Crippen LogP contribution in [-0.2, 0) is 11.3 Å². The average molecular weight is 446 g/mol. The summed E-state index contributed by atoms with van der Waals surface area (Å²) in [6, 6.07) is 19.7. The minimum Gasteiger partial charge on any atom is -0.497 e. The molecule has 172 valence electrons. The van der Waals surface area contributed by atoms with Crippen molar-refractivity contribution in [2.75, 3.05) is 32.6 Å². The number of likely N-dealkylation sites (tertiary alicyclic amines) is 1. The molecular weight excluding hydrogens is 414 g/mol. The van der Waals surface area contributed by atoms with Crippen LogP contribution in [0.2, 0.25) is 0 Å². The maximum Gasteiger partial charge on any atom is 0.237 e. The van der Waals surface area contributed by atoms with Crippen LogP contribution in [0.4, 0.5) is 11.6 Å². The quantitative estimate of drug-likeness (QED) is 0.556. The highest BCUT2D eigenvalue weighted by Gasteiger charge is 2.31. The number of anilines is 2. The number of hydrogen-bond acceptors (Lipinski definition) is 6. The van der Waals surface area contributed by atoms with Gasteiger partial charge in [-0.1, -0.05) is 24.3 Å². The smallest absolute Gasteiger partial charge is 0.237 e. The Hall–Kier alpha value is -3.45. The Kier molecular flexibility index (Phi) is 7.19. The largest absolute Gasteiger partial charge is 0.497 e. The normalized spacial score (nSPS) is 15.6. The van der Waals surface area contributed by atoms with Gasteiger partial charge in [0.25, 0.3) is 0 Å². The predicted molar refractivity (Wildman–Crippen MR) is 130 cm³/mol. The molecule has 0 bridgehead atoms. The van der Waals surface area contributed by atoms with E-state index in [1.54, 1.807) is 7.11 Å². The van der Waals surface area contributed by atoms with Crippen LogP contribution >= 0.6 is 0 Å². The molecule has 4 rings (SSSR count). The zero-order chi connectivity index (χ0) is 23.2. The second-order valence-electron chi connectivity index (χ2n) is 8.51. The number of pyridine rings is 2. The molecule has 1 fully saturated rings. The van der Waals surface area contributed by atoms with Gasteiger partial charge in [-0.05, 0) is 68.8 Å². The molecule has 1 amide bonds. The Morgan fingerprint density at radius 2 is 1.88 bits per heavy atom. The van der Waals surface area contributed by atoms with Gasteiger partial charge in [0.05, 0.1) is 25.4 Å². The molecule has 0 radical (unpaired) electrons. The van der Waals surface area contributed by atoms with E-state index in [0.717, 1.165) is 53.7 Å². The van der Waals surface area contributed by atoms with Crippen molar-refractivity contribution in [3.05, 3.63) is 77.6 Å². The Balaban J connectivity index is 1.41. The molecule has 1 aliphatic rings. The summed E-state index contributed by atoms with van der Waals surface area (Å²) in [6.07, 6.45) is 1.90. The number of amides is 1. The van der Waals surface area contributed by atoms with E-state index in [2.05, 4.69) is 10.3 Å². The lowest BCUT2D eigenvalue weighted by Crippen LogP contribution is -2.38. The minimum absolute atomic E-state index is 0.00469. The second-order valence-corrected chi connectivity index (χ2v) is 8.51. The molecule has 7 heteroatoms. The summed E-state index contributed by atoms with van der Waals surface area (Å²) in [5.74, 6) is 2.45. The first-order valence-corrected chi connectivity index (χ1v) is 11.3. The van der Waals surface area contributed by atoms with E-state index in [9.17, 15) is 4.79 Å². The van der Waals surface area contributed by atoms with E-state index in [4.69, 9.17) is 9.72 Å². The summed E-state index contributed by atoms with van der Waals surface area (Å²) in [5, 5.41) is 3.28. The summed E-state index contributed by atoms with van der Waals surface area (Å²) in [4.78, 5) is 26.5. The van der Waals surface area contributed by atoms with Crippen LogP contribution in [0.15, 0.2) is 60.7 Å². The SMILES string of the molecule is COc1cccc(CN(C)CC(=O)N2CCC[C@@H]2c2cccc(Nc3cccc(C)n3)n2)c1. The molecule has 3 heterocycles. The summed E-state index contributed by atoms with van der Waals surface area (Å²) in [6.45, 7) is 3.76. The molecule has 1 N–H and O–H groups in total. The molecule has 1 saturated heterocycles. The molecule has 1 aromatic carbocycles. The van der Waals surface area contributed by atoms with Crippen LogP contribution in [0.1, 0.15) is 35.8 Å². The number of rotatable bonds is 8. The number of carbonyl (C=O) groups excluding carboxylic acids is 1. The van der Waals surface area contributed by atoms with Crippen molar-refractivity contribution in [3.63, 3.8) is 0 Å². The van der Waals surface area contributed by atoms with Gasteiger partial charge >= 0.3 is 0 Å². The van der Waals surface area contributed by atoms with Crippen molar-refractivity contribution in [1.29, 1.82) is 0 Å². The van der Waals surface area contributed by atoms with Gasteiger partial charge in [0.1, 0.15) is 17.4 Å². The number of aromatic nitrogens is 2. The van der Waals surface area contributed by atoms with Gasteiger partial charge in [-0.25, -0.2) is 9.97 Å². The van der Waals surface area contributed by atoms with Crippen LogP contribution in [0.5, 0.6) is 5.75 Å². The van der Waals surface area contributed by atoms with E-state index in [-0.39, 0.29) is 11.9 Å². The predicted octanol–water partition coefficient (Wildman–Crippen LogP) is 4.33. The highest BCUT2D eigenvalue weighted by Crippen LogP contribution is 2.32. The van der Waals surface area contributed by atoms with Gasteiger partial charge in [0.2, 0.25) is 5.91 Å². The third-order valence-corrected chi connectivity index (χ3v) is 5.82. The van der Waals surface area contributed by atoms with E-state index in [0.29, 0.717) is 13.1 Å². The Morgan fingerprint density at radius 1 is 1.12 bits per heavy atom. The first-order chi connectivity index (χ1) is 16.0. The number of nitrogens with zero attached hydrogens (tertiary/aromatic N) is 4. The molecule has 1 aliphatic heterocycles. The molecule has 1 atom stereocenters. The molecule has 0 saturated carbocycles. The van der Waals surface area contributed by atoms with Crippen molar-refractivity contribution >= 4 is 17.5 Å². The molecule has 2 aromatic heterocycles. The van der Waals surface area contributed by atoms with Crippen molar-refractivity contribution in [3.8, 4) is 5.75 Å². The first kappa shape index (κ1) is 22.7. The average Bonchev–Trinajstić information content (AvgIpc) is 3.30. The fourth-order valence-electron chi connectivity index (χ4n) is 4.28. The molecule has 0 spiro atoms. The van der Waals surface area contributed by atoms with Gasteiger partial charge in [0, 0.05) is 18.8 Å². The van der Waals surface area contributed by atoms with Gasteiger partial charge in [0.15, 0.2) is 0 Å². The lowest BCUT2D eigenvalue weighted by molar-refractivity contribution is -0.133. The van der Waals surface area contributed by atoms with Crippen LogP contribution in [0, 0.1) is 6.92 Å². The number of hydrogen-bond donors (Lipinski definition) is 1. The number of nitrogens with one attached hydrogen (secondary N) is 1.